The highest BCUT2D eigenvalue weighted by molar-refractivity contribution is 6.02. The van der Waals surface area contributed by atoms with Crippen LogP contribution in [0.25, 0.3) is 10.8 Å². The van der Waals surface area contributed by atoms with Crippen molar-refractivity contribution in [2.75, 3.05) is 6.54 Å². The number of nitrogens with zero attached hydrogens (tertiary/aromatic N) is 1. The van der Waals surface area contributed by atoms with Gasteiger partial charge in [-0.05, 0) is 71.4 Å². The van der Waals surface area contributed by atoms with Crippen molar-refractivity contribution in [2.45, 2.75) is 44.9 Å². The SMILES string of the molecule is c1ccc(C2=NC[C@@H]3CCCC(C2)C3)c(CCc2cccc3ccccc23)c1. The number of rotatable bonds is 4. The van der Waals surface area contributed by atoms with E-state index in [2.05, 4.69) is 66.7 Å². The molecule has 3 aromatic rings. The summed E-state index contributed by atoms with van der Waals surface area (Å²) in [5, 5.41) is 2.73. The van der Waals surface area contributed by atoms with Gasteiger partial charge in [-0.2, -0.15) is 0 Å². The van der Waals surface area contributed by atoms with Crippen molar-refractivity contribution >= 4 is 16.5 Å². The summed E-state index contributed by atoms with van der Waals surface area (Å²) in [6.45, 7) is 1.05. The van der Waals surface area contributed by atoms with Crippen molar-refractivity contribution in [1.29, 1.82) is 0 Å². The summed E-state index contributed by atoms with van der Waals surface area (Å²) in [5.74, 6) is 1.69. The molecular formula is C27H29N. The van der Waals surface area contributed by atoms with Crippen LogP contribution in [0, 0.1) is 11.8 Å². The molecule has 0 radical (unpaired) electrons. The second-order valence-corrected chi connectivity index (χ2v) is 8.69. The van der Waals surface area contributed by atoms with E-state index in [1.165, 1.54) is 65.3 Å². The molecule has 2 aliphatic rings. The summed E-state index contributed by atoms with van der Waals surface area (Å²) >= 11 is 0. The highest BCUT2D eigenvalue weighted by atomic mass is 14.8. The number of hydrogen-bond acceptors (Lipinski definition) is 1. The molecule has 0 aromatic heterocycles. The van der Waals surface area contributed by atoms with Gasteiger partial charge in [-0.3, -0.25) is 4.99 Å². The number of aliphatic imine (C=N–C) groups is 1. The maximum absolute atomic E-state index is 5.12. The van der Waals surface area contributed by atoms with Crippen LogP contribution in [0.2, 0.25) is 0 Å². The fourth-order valence-electron chi connectivity index (χ4n) is 5.33. The number of benzene rings is 3. The monoisotopic (exact) mass is 367 g/mol. The normalized spacial score (nSPS) is 21.9. The summed E-state index contributed by atoms with van der Waals surface area (Å²) in [6.07, 6.45) is 8.92. The zero-order valence-electron chi connectivity index (χ0n) is 16.6. The quantitative estimate of drug-likeness (QED) is 0.491. The van der Waals surface area contributed by atoms with Crippen LogP contribution in [0.1, 0.15) is 48.8 Å². The summed E-state index contributed by atoms with van der Waals surface area (Å²) in [5.41, 5.74) is 5.70. The van der Waals surface area contributed by atoms with Crippen LogP contribution in [0.4, 0.5) is 0 Å². The molecule has 3 aromatic carbocycles. The molecule has 1 fully saturated rings. The predicted octanol–water partition coefficient (Wildman–Crippen LogP) is 6.62. The molecule has 0 saturated heterocycles. The molecule has 28 heavy (non-hydrogen) atoms. The van der Waals surface area contributed by atoms with Crippen LogP contribution >= 0.6 is 0 Å². The largest absolute Gasteiger partial charge is 0.289 e. The van der Waals surface area contributed by atoms with Crippen molar-refractivity contribution in [3.05, 3.63) is 83.4 Å². The number of aryl methyl sites for hydroxylation is 2. The first-order chi connectivity index (χ1) is 13.9. The van der Waals surface area contributed by atoms with Gasteiger partial charge < -0.3 is 0 Å². The summed E-state index contributed by atoms with van der Waals surface area (Å²) < 4.78 is 0. The third-order valence-corrected chi connectivity index (χ3v) is 6.79. The molecule has 2 atom stereocenters. The molecule has 1 unspecified atom stereocenters. The van der Waals surface area contributed by atoms with Gasteiger partial charge in [-0.25, -0.2) is 0 Å². The van der Waals surface area contributed by atoms with Crippen molar-refractivity contribution in [3.8, 4) is 0 Å². The predicted molar refractivity (Wildman–Crippen MR) is 119 cm³/mol. The molecule has 1 heteroatoms. The van der Waals surface area contributed by atoms with Gasteiger partial charge in [0.15, 0.2) is 0 Å². The van der Waals surface area contributed by atoms with E-state index in [1.807, 2.05) is 0 Å². The zero-order chi connectivity index (χ0) is 18.8. The average Bonchev–Trinajstić information content (AvgIpc) is 2.89. The smallest absolute Gasteiger partial charge is 0.0426 e. The van der Waals surface area contributed by atoms with Gasteiger partial charge in [0.1, 0.15) is 0 Å². The van der Waals surface area contributed by atoms with E-state index in [1.54, 1.807) is 0 Å². The first-order valence-electron chi connectivity index (χ1n) is 10.9. The van der Waals surface area contributed by atoms with E-state index in [0.717, 1.165) is 31.2 Å². The third kappa shape index (κ3) is 3.63. The highest BCUT2D eigenvalue weighted by Crippen LogP contribution is 2.35. The third-order valence-electron chi connectivity index (χ3n) is 6.79. The topological polar surface area (TPSA) is 12.4 Å². The maximum atomic E-state index is 5.12. The Labute approximate surface area is 168 Å². The van der Waals surface area contributed by atoms with Gasteiger partial charge in [-0.1, -0.05) is 79.6 Å². The van der Waals surface area contributed by atoms with Crippen LogP contribution in [0.15, 0.2) is 71.7 Å². The van der Waals surface area contributed by atoms with E-state index >= 15 is 0 Å². The van der Waals surface area contributed by atoms with E-state index < -0.39 is 0 Å². The Bertz CT molecular complexity index is 995. The number of fused-ring (bicyclic) bond motifs is 3. The van der Waals surface area contributed by atoms with Gasteiger partial charge in [0.2, 0.25) is 0 Å². The Morgan fingerprint density at radius 2 is 1.50 bits per heavy atom. The number of hydrogen-bond donors (Lipinski definition) is 0. The first-order valence-corrected chi connectivity index (χ1v) is 10.9. The molecule has 1 heterocycles. The minimum atomic E-state index is 0.832. The standard InChI is InChI=1S/C27H29N/c1-3-13-25-22(9-1)11-6-12-23(25)15-16-24-10-2-4-14-26(24)27-18-20-7-5-8-21(17-20)19-28-27/h1-4,6,9-14,20-21H,5,7-8,15-19H2/t20?,21-/m1/s1. The molecule has 1 aliphatic carbocycles. The van der Waals surface area contributed by atoms with E-state index in [4.69, 9.17) is 4.99 Å². The molecule has 0 spiro atoms. The average molecular weight is 368 g/mol. The Morgan fingerprint density at radius 1 is 0.750 bits per heavy atom. The van der Waals surface area contributed by atoms with Crippen LogP contribution in [-0.2, 0) is 12.8 Å². The molecular weight excluding hydrogens is 338 g/mol. The van der Waals surface area contributed by atoms with Crippen LogP contribution in [0.3, 0.4) is 0 Å². The minimum absolute atomic E-state index is 0.832. The van der Waals surface area contributed by atoms with Crippen LogP contribution < -0.4 is 0 Å². The van der Waals surface area contributed by atoms with Crippen molar-refractivity contribution in [1.82, 2.24) is 0 Å². The Hall–Kier alpha value is -2.41. The molecule has 0 amide bonds. The summed E-state index contributed by atoms with van der Waals surface area (Å²) in [4.78, 5) is 5.12. The minimum Gasteiger partial charge on any atom is -0.289 e. The zero-order valence-corrected chi connectivity index (χ0v) is 16.6. The molecule has 1 nitrogen and oxygen atoms in total. The molecule has 5 rings (SSSR count). The van der Waals surface area contributed by atoms with E-state index in [-0.39, 0.29) is 0 Å². The Balaban J connectivity index is 1.41. The highest BCUT2D eigenvalue weighted by Gasteiger charge is 2.26. The second-order valence-electron chi connectivity index (χ2n) is 8.69. The Morgan fingerprint density at radius 3 is 2.50 bits per heavy atom. The fourth-order valence-corrected chi connectivity index (χ4v) is 5.33. The maximum Gasteiger partial charge on any atom is 0.0426 e. The van der Waals surface area contributed by atoms with Crippen molar-refractivity contribution < 1.29 is 0 Å². The summed E-state index contributed by atoms with van der Waals surface area (Å²) in [7, 11) is 0. The van der Waals surface area contributed by atoms with Crippen LogP contribution in [-0.4, -0.2) is 12.3 Å². The molecule has 0 N–H and O–H groups in total. The van der Waals surface area contributed by atoms with Gasteiger partial charge in [0.05, 0.1) is 0 Å². The lowest BCUT2D eigenvalue weighted by Gasteiger charge is -2.25. The lowest BCUT2D eigenvalue weighted by atomic mass is 9.79. The molecule has 2 bridgehead atoms. The van der Waals surface area contributed by atoms with Gasteiger partial charge >= 0.3 is 0 Å². The van der Waals surface area contributed by atoms with E-state index in [9.17, 15) is 0 Å². The molecule has 1 aliphatic heterocycles. The van der Waals surface area contributed by atoms with Crippen LogP contribution in [0.5, 0.6) is 0 Å². The molecule has 1 saturated carbocycles. The summed E-state index contributed by atoms with van der Waals surface area (Å²) in [6, 6.07) is 24.5. The van der Waals surface area contributed by atoms with E-state index in [0.29, 0.717) is 0 Å². The van der Waals surface area contributed by atoms with Crippen molar-refractivity contribution in [2.24, 2.45) is 16.8 Å². The van der Waals surface area contributed by atoms with Gasteiger partial charge in [-0.15, -0.1) is 0 Å². The Kier molecular flexibility index (Phi) is 4.99. The second kappa shape index (κ2) is 7.91. The van der Waals surface area contributed by atoms with Gasteiger partial charge in [0, 0.05) is 12.3 Å². The fraction of sp³-hybridized carbons (Fsp3) is 0.370. The first kappa shape index (κ1) is 17.7. The van der Waals surface area contributed by atoms with Gasteiger partial charge in [0.25, 0.3) is 0 Å². The lowest BCUT2D eigenvalue weighted by Crippen LogP contribution is -2.16. The molecule has 142 valence electrons. The van der Waals surface area contributed by atoms with Crippen molar-refractivity contribution in [3.63, 3.8) is 0 Å². The lowest BCUT2D eigenvalue weighted by molar-refractivity contribution is 0.286.